The second kappa shape index (κ2) is 5.65. The third-order valence-electron chi connectivity index (χ3n) is 1.77. The first kappa shape index (κ1) is 11.0. The molecule has 0 amide bonds. The zero-order valence-electron chi connectivity index (χ0n) is 8.41. The van der Waals surface area contributed by atoms with Crippen molar-refractivity contribution in [2.75, 3.05) is 13.7 Å². The summed E-state index contributed by atoms with van der Waals surface area (Å²) in [7, 11) is 1.55. The second-order valence-electron chi connectivity index (χ2n) is 2.81. The number of methoxy groups -OCH3 is 1. The van der Waals surface area contributed by atoms with E-state index in [1.807, 2.05) is 5.38 Å². The van der Waals surface area contributed by atoms with Gasteiger partial charge >= 0.3 is 5.97 Å². The van der Waals surface area contributed by atoms with Crippen LogP contribution in [-0.4, -0.2) is 19.7 Å². The van der Waals surface area contributed by atoms with Crippen molar-refractivity contribution in [1.82, 2.24) is 0 Å². The van der Waals surface area contributed by atoms with Crippen LogP contribution in [-0.2, 0) is 4.74 Å². The molecule has 0 aromatic carbocycles. The van der Waals surface area contributed by atoms with Crippen LogP contribution in [0, 0.1) is 0 Å². The summed E-state index contributed by atoms with van der Waals surface area (Å²) in [5.74, 6) is 0.307. The van der Waals surface area contributed by atoms with Crippen LogP contribution in [0.3, 0.4) is 0 Å². The second-order valence-corrected chi connectivity index (χ2v) is 3.72. The van der Waals surface area contributed by atoms with Crippen molar-refractivity contribution in [3.8, 4) is 5.75 Å². The molecule has 0 saturated heterocycles. The molecule has 4 heteroatoms. The number of esters is 1. The molecule has 0 atom stereocenters. The lowest BCUT2D eigenvalue weighted by Crippen LogP contribution is -2.05. The van der Waals surface area contributed by atoms with Crippen LogP contribution in [0.4, 0.5) is 0 Å². The number of ether oxygens (including phenoxy) is 2. The predicted octanol–water partition coefficient (Wildman–Crippen LogP) is 2.71. The monoisotopic (exact) mass is 214 g/mol. The molecule has 0 fully saturated rings. The number of hydrogen-bond acceptors (Lipinski definition) is 4. The summed E-state index contributed by atoms with van der Waals surface area (Å²) in [6.07, 6.45) is 1.92. The lowest BCUT2D eigenvalue weighted by atomic mass is 10.3. The molecule has 1 aromatic heterocycles. The molecule has 1 heterocycles. The highest BCUT2D eigenvalue weighted by atomic mass is 32.1. The van der Waals surface area contributed by atoms with Gasteiger partial charge in [-0.1, -0.05) is 13.3 Å². The fourth-order valence-electron chi connectivity index (χ4n) is 0.982. The van der Waals surface area contributed by atoms with E-state index < -0.39 is 0 Å². The molecule has 1 rings (SSSR count). The molecule has 78 valence electrons. The summed E-state index contributed by atoms with van der Waals surface area (Å²) in [4.78, 5) is 12.0. The summed E-state index contributed by atoms with van der Waals surface area (Å²) in [5.41, 5.74) is 0. The Labute approximate surface area is 87.7 Å². The molecule has 0 aliphatic carbocycles. The number of carbonyl (C=O) groups is 1. The lowest BCUT2D eigenvalue weighted by Gasteiger charge is -2.03. The van der Waals surface area contributed by atoms with Gasteiger partial charge in [-0.3, -0.25) is 0 Å². The maximum absolute atomic E-state index is 11.5. The van der Waals surface area contributed by atoms with Gasteiger partial charge in [0.05, 0.1) is 13.7 Å². The zero-order valence-corrected chi connectivity index (χ0v) is 9.23. The lowest BCUT2D eigenvalue weighted by molar-refractivity contribution is 0.0502. The first-order valence-corrected chi connectivity index (χ1v) is 5.46. The van der Waals surface area contributed by atoms with Crippen molar-refractivity contribution in [3.05, 3.63) is 16.3 Å². The van der Waals surface area contributed by atoms with E-state index >= 15 is 0 Å². The fourth-order valence-corrected chi connectivity index (χ4v) is 1.73. The Morgan fingerprint density at radius 2 is 2.36 bits per heavy atom. The van der Waals surface area contributed by atoms with Crippen LogP contribution in [0.1, 0.15) is 29.4 Å². The molecule has 1 aromatic rings. The number of thiophene rings is 1. The van der Waals surface area contributed by atoms with Gasteiger partial charge in [-0.25, -0.2) is 4.79 Å². The molecular weight excluding hydrogens is 200 g/mol. The van der Waals surface area contributed by atoms with Gasteiger partial charge in [-0.2, -0.15) is 0 Å². The molecule has 0 unspecified atom stereocenters. The van der Waals surface area contributed by atoms with E-state index in [1.54, 1.807) is 13.2 Å². The van der Waals surface area contributed by atoms with Crippen molar-refractivity contribution >= 4 is 17.3 Å². The Hall–Kier alpha value is -1.03. The standard InChI is InChI=1S/C10H14O3S/c1-3-4-6-13-10(11)9-8(12-2)5-7-14-9/h5,7H,3-4,6H2,1-2H3. The minimum atomic E-state index is -0.287. The van der Waals surface area contributed by atoms with Gasteiger partial charge in [-0.05, 0) is 17.9 Å². The molecule has 0 radical (unpaired) electrons. The molecule has 0 aliphatic rings. The largest absolute Gasteiger partial charge is 0.495 e. The fraction of sp³-hybridized carbons (Fsp3) is 0.500. The third-order valence-corrected chi connectivity index (χ3v) is 2.64. The van der Waals surface area contributed by atoms with Crippen LogP contribution >= 0.6 is 11.3 Å². The highest BCUT2D eigenvalue weighted by molar-refractivity contribution is 7.12. The average Bonchev–Trinajstić information content (AvgIpc) is 2.65. The van der Waals surface area contributed by atoms with Crippen LogP contribution < -0.4 is 4.74 Å². The Morgan fingerprint density at radius 3 is 3.00 bits per heavy atom. The molecule has 14 heavy (non-hydrogen) atoms. The Balaban J connectivity index is 2.51. The first-order chi connectivity index (χ1) is 6.79. The number of unbranched alkanes of at least 4 members (excludes halogenated alkanes) is 1. The predicted molar refractivity (Wildman–Crippen MR) is 56.1 cm³/mol. The SMILES string of the molecule is CCCCOC(=O)c1sccc1OC. The van der Waals surface area contributed by atoms with Gasteiger partial charge in [0.25, 0.3) is 0 Å². The summed E-state index contributed by atoms with van der Waals surface area (Å²) < 4.78 is 10.1. The topological polar surface area (TPSA) is 35.5 Å². The van der Waals surface area contributed by atoms with Crippen LogP contribution in [0.5, 0.6) is 5.75 Å². The van der Waals surface area contributed by atoms with Gasteiger partial charge in [0.1, 0.15) is 5.75 Å². The van der Waals surface area contributed by atoms with E-state index in [2.05, 4.69) is 6.92 Å². The molecule has 3 nitrogen and oxygen atoms in total. The number of rotatable bonds is 5. The van der Waals surface area contributed by atoms with E-state index in [0.29, 0.717) is 17.2 Å². The molecule has 0 bridgehead atoms. The normalized spacial score (nSPS) is 9.86. The summed E-state index contributed by atoms with van der Waals surface area (Å²) >= 11 is 1.34. The van der Waals surface area contributed by atoms with E-state index in [9.17, 15) is 4.79 Å². The van der Waals surface area contributed by atoms with E-state index in [0.717, 1.165) is 12.8 Å². The van der Waals surface area contributed by atoms with Gasteiger partial charge in [0.2, 0.25) is 0 Å². The van der Waals surface area contributed by atoms with E-state index in [4.69, 9.17) is 9.47 Å². The summed E-state index contributed by atoms with van der Waals surface area (Å²) in [6, 6.07) is 1.76. The minimum absolute atomic E-state index is 0.287. The van der Waals surface area contributed by atoms with E-state index in [-0.39, 0.29) is 5.97 Å². The smallest absolute Gasteiger partial charge is 0.352 e. The molecule has 0 aliphatic heterocycles. The van der Waals surface area contributed by atoms with Crippen molar-refractivity contribution in [2.45, 2.75) is 19.8 Å². The molecular formula is C10H14O3S. The zero-order chi connectivity index (χ0) is 10.4. The first-order valence-electron chi connectivity index (χ1n) is 4.58. The van der Waals surface area contributed by atoms with Crippen molar-refractivity contribution in [3.63, 3.8) is 0 Å². The highest BCUT2D eigenvalue weighted by Gasteiger charge is 2.14. The van der Waals surface area contributed by atoms with Gasteiger partial charge < -0.3 is 9.47 Å². The van der Waals surface area contributed by atoms with Gasteiger partial charge in [-0.15, -0.1) is 11.3 Å². The number of carbonyl (C=O) groups excluding carboxylic acids is 1. The highest BCUT2D eigenvalue weighted by Crippen LogP contribution is 2.25. The minimum Gasteiger partial charge on any atom is -0.495 e. The van der Waals surface area contributed by atoms with Gasteiger partial charge in [0, 0.05) is 0 Å². The van der Waals surface area contributed by atoms with Crippen LogP contribution in [0.2, 0.25) is 0 Å². The van der Waals surface area contributed by atoms with Crippen molar-refractivity contribution in [1.29, 1.82) is 0 Å². The van der Waals surface area contributed by atoms with Crippen molar-refractivity contribution in [2.24, 2.45) is 0 Å². The quantitative estimate of drug-likeness (QED) is 0.558. The van der Waals surface area contributed by atoms with Crippen molar-refractivity contribution < 1.29 is 14.3 Å². The summed E-state index contributed by atoms with van der Waals surface area (Å²) in [5, 5.41) is 1.81. The van der Waals surface area contributed by atoms with Crippen LogP contribution in [0.15, 0.2) is 11.4 Å². The third kappa shape index (κ3) is 2.73. The van der Waals surface area contributed by atoms with Gasteiger partial charge in [0.15, 0.2) is 4.88 Å². The average molecular weight is 214 g/mol. The maximum atomic E-state index is 11.5. The van der Waals surface area contributed by atoms with E-state index in [1.165, 1.54) is 11.3 Å². The Morgan fingerprint density at radius 1 is 1.57 bits per heavy atom. The molecule has 0 saturated carbocycles. The summed E-state index contributed by atoms with van der Waals surface area (Å²) in [6.45, 7) is 2.54. The Kier molecular flexibility index (Phi) is 4.46. The molecule has 0 N–H and O–H groups in total. The molecule has 0 spiro atoms. The Bertz CT molecular complexity index is 293. The number of hydrogen-bond donors (Lipinski definition) is 0. The van der Waals surface area contributed by atoms with Crippen LogP contribution in [0.25, 0.3) is 0 Å². The maximum Gasteiger partial charge on any atom is 0.352 e.